The molecule has 4 saturated carbocycles. The summed E-state index contributed by atoms with van der Waals surface area (Å²) in [6.45, 7) is 0. The van der Waals surface area contributed by atoms with E-state index >= 15 is 0 Å². The molecule has 1 aromatic rings. The van der Waals surface area contributed by atoms with Crippen LogP contribution in [-0.2, 0) is 14.9 Å². The molecule has 1 aromatic carbocycles. The van der Waals surface area contributed by atoms with Crippen molar-refractivity contribution in [3.8, 4) is 0 Å². The van der Waals surface area contributed by atoms with Crippen LogP contribution in [-0.4, -0.2) is 23.8 Å². The van der Waals surface area contributed by atoms with Gasteiger partial charge in [-0.05, 0) is 67.6 Å². The minimum Gasteiger partial charge on any atom is -0.481 e. The third kappa shape index (κ3) is 2.14. The van der Waals surface area contributed by atoms with Gasteiger partial charge in [-0.2, -0.15) is 0 Å². The number of halogens is 1. The number of hydrogen-bond acceptors (Lipinski definition) is 2. The van der Waals surface area contributed by atoms with Gasteiger partial charge in [0, 0.05) is 12.5 Å². The van der Waals surface area contributed by atoms with E-state index < -0.39 is 5.97 Å². The van der Waals surface area contributed by atoms with Gasteiger partial charge in [0.25, 0.3) is 0 Å². The number of rotatable bonds is 4. The number of carboxylic acids is 1. The third-order valence-electron chi connectivity index (χ3n) is 6.85. The zero-order valence-corrected chi connectivity index (χ0v) is 13.4. The minimum atomic E-state index is -0.756. The van der Waals surface area contributed by atoms with Gasteiger partial charge in [0.1, 0.15) is 5.82 Å². The lowest BCUT2D eigenvalue weighted by Gasteiger charge is -2.65. The van der Waals surface area contributed by atoms with Crippen LogP contribution in [0.1, 0.15) is 44.1 Å². The molecule has 0 amide bonds. The predicted octanol–water partition coefficient (Wildman–Crippen LogP) is 3.76. The second-order valence-electron chi connectivity index (χ2n) is 7.85. The SMILES string of the molecule is COC12CC3CC(C1)C(CC(=O)O)(c1ccc(F)cc1)C(C3)C2. The van der Waals surface area contributed by atoms with E-state index in [1.165, 1.54) is 12.1 Å². The molecule has 0 spiro atoms. The van der Waals surface area contributed by atoms with E-state index in [4.69, 9.17) is 4.74 Å². The average Bonchev–Trinajstić information content (AvgIpc) is 2.51. The monoisotopic (exact) mass is 318 g/mol. The first-order chi connectivity index (χ1) is 11.0. The number of ether oxygens (including phenoxy) is 1. The van der Waals surface area contributed by atoms with Gasteiger partial charge >= 0.3 is 5.97 Å². The van der Waals surface area contributed by atoms with Crippen molar-refractivity contribution in [2.75, 3.05) is 7.11 Å². The van der Waals surface area contributed by atoms with Crippen molar-refractivity contribution in [2.24, 2.45) is 17.8 Å². The molecule has 5 rings (SSSR count). The van der Waals surface area contributed by atoms with E-state index in [-0.39, 0.29) is 23.3 Å². The zero-order chi connectivity index (χ0) is 16.2. The van der Waals surface area contributed by atoms with Crippen molar-refractivity contribution in [3.05, 3.63) is 35.6 Å². The normalized spacial score (nSPS) is 41.2. The molecule has 0 aromatic heterocycles. The van der Waals surface area contributed by atoms with Crippen molar-refractivity contribution in [3.63, 3.8) is 0 Å². The maximum atomic E-state index is 13.4. The van der Waals surface area contributed by atoms with Crippen LogP contribution in [0.2, 0.25) is 0 Å². The standard InChI is InChI=1S/C19H23FO3/c1-23-18-8-12-6-14(9-18)19(11-17(21)22,15(7-12)10-18)13-2-4-16(20)5-3-13/h2-5,12,14-15H,6-11H2,1H3,(H,21,22). The summed E-state index contributed by atoms with van der Waals surface area (Å²) in [6, 6.07) is 6.55. The van der Waals surface area contributed by atoms with E-state index in [2.05, 4.69) is 0 Å². The molecule has 1 N–H and O–H groups in total. The van der Waals surface area contributed by atoms with Crippen molar-refractivity contribution < 1.29 is 19.0 Å². The lowest BCUT2D eigenvalue weighted by Crippen LogP contribution is -2.62. The molecule has 2 atom stereocenters. The molecule has 4 aliphatic rings. The van der Waals surface area contributed by atoms with Crippen molar-refractivity contribution >= 4 is 5.97 Å². The van der Waals surface area contributed by atoms with Crippen LogP contribution >= 0.6 is 0 Å². The van der Waals surface area contributed by atoms with Crippen LogP contribution in [0, 0.1) is 23.6 Å². The van der Waals surface area contributed by atoms with Gasteiger partial charge in [0.2, 0.25) is 0 Å². The van der Waals surface area contributed by atoms with Gasteiger partial charge < -0.3 is 9.84 Å². The van der Waals surface area contributed by atoms with Crippen LogP contribution in [0.25, 0.3) is 0 Å². The first kappa shape index (κ1) is 15.1. The Kier molecular flexibility index (Phi) is 3.31. The Balaban J connectivity index is 1.81. The first-order valence-electron chi connectivity index (χ1n) is 8.50. The summed E-state index contributed by atoms with van der Waals surface area (Å²) in [6.07, 6.45) is 5.27. The van der Waals surface area contributed by atoms with Gasteiger partial charge in [-0.15, -0.1) is 0 Å². The second kappa shape index (κ2) is 5.04. The lowest BCUT2D eigenvalue weighted by molar-refractivity contribution is -0.185. The summed E-state index contributed by atoms with van der Waals surface area (Å²) in [5.41, 5.74) is 0.582. The van der Waals surface area contributed by atoms with Crippen LogP contribution < -0.4 is 0 Å². The molecule has 124 valence electrons. The molecule has 3 nitrogen and oxygen atoms in total. The molecule has 0 saturated heterocycles. The molecule has 4 aliphatic carbocycles. The fourth-order valence-electron chi connectivity index (χ4n) is 6.15. The van der Waals surface area contributed by atoms with E-state index in [9.17, 15) is 14.3 Å². The number of carboxylic acid groups (broad SMARTS) is 1. The number of methoxy groups -OCH3 is 1. The van der Waals surface area contributed by atoms with Gasteiger partial charge in [-0.25, -0.2) is 4.39 Å². The van der Waals surface area contributed by atoms with E-state index in [0.717, 1.165) is 37.7 Å². The van der Waals surface area contributed by atoms with Crippen LogP contribution in [0.3, 0.4) is 0 Å². The smallest absolute Gasteiger partial charge is 0.304 e. The molecular weight excluding hydrogens is 295 g/mol. The topological polar surface area (TPSA) is 46.5 Å². The van der Waals surface area contributed by atoms with Crippen LogP contribution in [0.5, 0.6) is 0 Å². The predicted molar refractivity (Wildman–Crippen MR) is 83.6 cm³/mol. The third-order valence-corrected chi connectivity index (χ3v) is 6.85. The summed E-state index contributed by atoms with van der Waals surface area (Å²) >= 11 is 0. The molecule has 0 radical (unpaired) electrons. The fourth-order valence-corrected chi connectivity index (χ4v) is 6.15. The maximum absolute atomic E-state index is 13.4. The molecule has 4 fully saturated rings. The molecule has 2 unspecified atom stereocenters. The molecule has 4 heteroatoms. The average molecular weight is 318 g/mol. The van der Waals surface area contributed by atoms with Gasteiger partial charge in [-0.1, -0.05) is 12.1 Å². The summed E-state index contributed by atoms with van der Waals surface area (Å²) < 4.78 is 19.3. The zero-order valence-electron chi connectivity index (χ0n) is 13.4. The highest BCUT2D eigenvalue weighted by molar-refractivity contribution is 5.69. The van der Waals surface area contributed by atoms with Crippen molar-refractivity contribution in [1.29, 1.82) is 0 Å². The van der Waals surface area contributed by atoms with E-state index in [0.29, 0.717) is 17.8 Å². The highest BCUT2D eigenvalue weighted by Crippen LogP contribution is 2.66. The maximum Gasteiger partial charge on any atom is 0.304 e. The summed E-state index contributed by atoms with van der Waals surface area (Å²) in [7, 11) is 1.80. The number of aliphatic carboxylic acids is 1. The Morgan fingerprint density at radius 2 is 1.83 bits per heavy atom. The Hall–Kier alpha value is -1.42. The Labute approximate surface area is 135 Å². The van der Waals surface area contributed by atoms with Gasteiger partial charge in [0.05, 0.1) is 12.0 Å². The molecule has 0 heterocycles. The van der Waals surface area contributed by atoms with E-state index in [1.54, 1.807) is 19.2 Å². The second-order valence-corrected chi connectivity index (χ2v) is 7.85. The quantitative estimate of drug-likeness (QED) is 0.919. The Morgan fingerprint density at radius 1 is 1.22 bits per heavy atom. The Bertz CT molecular complexity index is 608. The highest BCUT2D eigenvalue weighted by atomic mass is 19.1. The number of hydrogen-bond donors (Lipinski definition) is 1. The molecular formula is C19H23FO3. The van der Waals surface area contributed by atoms with Crippen molar-refractivity contribution in [1.82, 2.24) is 0 Å². The van der Waals surface area contributed by atoms with Crippen LogP contribution in [0.15, 0.2) is 24.3 Å². The fraction of sp³-hybridized carbons (Fsp3) is 0.632. The van der Waals surface area contributed by atoms with Gasteiger partial charge in [0.15, 0.2) is 0 Å². The molecule has 0 aliphatic heterocycles. The first-order valence-corrected chi connectivity index (χ1v) is 8.50. The highest BCUT2D eigenvalue weighted by Gasteiger charge is 2.63. The largest absolute Gasteiger partial charge is 0.481 e. The summed E-state index contributed by atoms with van der Waals surface area (Å²) in [4.78, 5) is 11.7. The van der Waals surface area contributed by atoms with Gasteiger partial charge in [-0.3, -0.25) is 4.79 Å². The molecule has 23 heavy (non-hydrogen) atoms. The van der Waals surface area contributed by atoms with Crippen molar-refractivity contribution in [2.45, 2.75) is 49.5 Å². The summed E-state index contributed by atoms with van der Waals surface area (Å²) in [5, 5.41) is 9.60. The molecule has 4 bridgehead atoms. The summed E-state index contributed by atoms with van der Waals surface area (Å²) in [5.74, 6) is 0.255. The lowest BCUT2D eigenvalue weighted by atomic mass is 9.41. The van der Waals surface area contributed by atoms with E-state index in [1.807, 2.05) is 0 Å². The number of benzene rings is 1. The number of carbonyl (C=O) groups is 1. The van der Waals surface area contributed by atoms with Crippen LogP contribution in [0.4, 0.5) is 4.39 Å². The minimum absolute atomic E-state index is 0.0570. The Morgan fingerprint density at radius 3 is 2.35 bits per heavy atom.